The number of ether oxygens (including phenoxy) is 1. The van der Waals surface area contributed by atoms with Gasteiger partial charge in [0, 0.05) is 6.08 Å². The zero-order valence-electron chi connectivity index (χ0n) is 7.96. The van der Waals surface area contributed by atoms with Gasteiger partial charge in [0.05, 0.1) is 6.61 Å². The van der Waals surface area contributed by atoms with Crippen molar-refractivity contribution in [3.05, 3.63) is 23.8 Å². The van der Waals surface area contributed by atoms with Crippen molar-refractivity contribution < 1.29 is 9.53 Å². The number of esters is 1. The molecule has 0 N–H and O–H groups in total. The first-order valence-electron chi connectivity index (χ1n) is 4.22. The number of rotatable bonds is 4. The molecule has 2 heteroatoms. The van der Waals surface area contributed by atoms with Gasteiger partial charge in [0.1, 0.15) is 0 Å². The Bertz CT molecular complexity index is 190. The fourth-order valence-electron chi connectivity index (χ4n) is 0.722. The minimum Gasteiger partial charge on any atom is -0.463 e. The molecule has 0 aliphatic rings. The smallest absolute Gasteiger partial charge is 0.330 e. The van der Waals surface area contributed by atoms with Crippen LogP contribution in [0.5, 0.6) is 0 Å². The first-order valence-corrected chi connectivity index (χ1v) is 4.22. The van der Waals surface area contributed by atoms with Gasteiger partial charge >= 0.3 is 5.97 Å². The van der Waals surface area contributed by atoms with Crippen molar-refractivity contribution in [1.82, 2.24) is 0 Å². The summed E-state index contributed by atoms with van der Waals surface area (Å²) in [5, 5.41) is 0. The molecule has 0 unspecified atom stereocenters. The van der Waals surface area contributed by atoms with E-state index in [1.807, 2.05) is 26.0 Å². The summed E-state index contributed by atoms with van der Waals surface area (Å²) in [5.41, 5.74) is 0.926. The third-order valence-electron chi connectivity index (χ3n) is 1.25. The van der Waals surface area contributed by atoms with Crippen molar-refractivity contribution in [3.8, 4) is 0 Å². The normalized spacial score (nSPS) is 12.1. The van der Waals surface area contributed by atoms with Crippen molar-refractivity contribution in [2.24, 2.45) is 0 Å². The molecule has 68 valence electrons. The van der Waals surface area contributed by atoms with Gasteiger partial charge in [0.2, 0.25) is 0 Å². The van der Waals surface area contributed by atoms with E-state index in [4.69, 9.17) is 4.74 Å². The van der Waals surface area contributed by atoms with Crippen LogP contribution in [0.4, 0.5) is 0 Å². The molecule has 0 atom stereocenters. The third-order valence-corrected chi connectivity index (χ3v) is 1.25. The molecular weight excluding hydrogens is 152 g/mol. The molecule has 0 bridgehead atoms. The average Bonchev–Trinajstić information content (AvgIpc) is 2.01. The lowest BCUT2D eigenvalue weighted by Gasteiger charge is -1.95. The molecule has 0 aliphatic carbocycles. The monoisotopic (exact) mass is 168 g/mol. The van der Waals surface area contributed by atoms with Crippen LogP contribution in [0.1, 0.15) is 27.2 Å². The summed E-state index contributed by atoms with van der Waals surface area (Å²) in [6.45, 7) is 6.15. The van der Waals surface area contributed by atoms with E-state index in [9.17, 15) is 4.79 Å². The molecule has 0 rings (SSSR count). The van der Waals surface area contributed by atoms with Crippen LogP contribution in [0, 0.1) is 0 Å². The lowest BCUT2D eigenvalue weighted by Crippen LogP contribution is -1.99. The average molecular weight is 168 g/mol. The lowest BCUT2D eigenvalue weighted by atomic mass is 10.2. The third kappa shape index (κ3) is 5.71. The van der Waals surface area contributed by atoms with Gasteiger partial charge in [-0.15, -0.1) is 0 Å². The highest BCUT2D eigenvalue weighted by molar-refractivity contribution is 5.83. The Kier molecular flexibility index (Phi) is 6.07. The maximum atomic E-state index is 10.9. The number of carbonyl (C=O) groups excluding carboxylic acids is 1. The molecule has 0 aromatic rings. The van der Waals surface area contributed by atoms with Crippen molar-refractivity contribution in [1.29, 1.82) is 0 Å². The van der Waals surface area contributed by atoms with E-state index < -0.39 is 0 Å². The summed E-state index contributed by atoms with van der Waals surface area (Å²) >= 11 is 0. The molecule has 0 aromatic carbocycles. The molecule has 2 nitrogen and oxygen atoms in total. The Morgan fingerprint density at radius 3 is 2.58 bits per heavy atom. The summed E-state index contributed by atoms with van der Waals surface area (Å²) in [6.07, 6.45) is 6.39. The van der Waals surface area contributed by atoms with Crippen molar-refractivity contribution in [2.45, 2.75) is 27.2 Å². The van der Waals surface area contributed by atoms with E-state index in [1.165, 1.54) is 6.08 Å². The van der Waals surface area contributed by atoms with Crippen LogP contribution in [0.3, 0.4) is 0 Å². The van der Waals surface area contributed by atoms with Gasteiger partial charge < -0.3 is 4.74 Å². The van der Waals surface area contributed by atoms with Gasteiger partial charge in [-0.25, -0.2) is 4.79 Å². The van der Waals surface area contributed by atoms with Crippen LogP contribution in [-0.2, 0) is 9.53 Å². The summed E-state index contributed by atoms with van der Waals surface area (Å²) in [4.78, 5) is 10.9. The summed E-state index contributed by atoms with van der Waals surface area (Å²) in [5.74, 6) is -0.268. The van der Waals surface area contributed by atoms with Crippen LogP contribution < -0.4 is 0 Å². The minimum atomic E-state index is -0.268. The van der Waals surface area contributed by atoms with Crippen LogP contribution in [-0.4, -0.2) is 12.6 Å². The van der Waals surface area contributed by atoms with E-state index in [0.29, 0.717) is 6.61 Å². The van der Waals surface area contributed by atoms with Gasteiger partial charge in [0.15, 0.2) is 0 Å². The Morgan fingerprint density at radius 1 is 1.42 bits per heavy atom. The molecule has 0 aliphatic heterocycles. The predicted molar refractivity (Wildman–Crippen MR) is 49.8 cm³/mol. The maximum absolute atomic E-state index is 10.9. The fourth-order valence-corrected chi connectivity index (χ4v) is 0.722. The highest BCUT2D eigenvalue weighted by Crippen LogP contribution is 1.96. The zero-order valence-corrected chi connectivity index (χ0v) is 7.96. The van der Waals surface area contributed by atoms with Crippen LogP contribution in [0.2, 0.25) is 0 Å². The van der Waals surface area contributed by atoms with Gasteiger partial charge in [-0.1, -0.05) is 19.1 Å². The highest BCUT2D eigenvalue weighted by atomic mass is 16.5. The van der Waals surface area contributed by atoms with E-state index in [1.54, 1.807) is 6.92 Å². The number of carbonyl (C=O) groups is 1. The molecule has 0 aromatic heterocycles. The Balaban J connectivity index is 3.97. The topological polar surface area (TPSA) is 26.3 Å². The molecule has 12 heavy (non-hydrogen) atoms. The van der Waals surface area contributed by atoms with Crippen LogP contribution in [0.15, 0.2) is 23.8 Å². The molecule has 0 amide bonds. The first-order chi connectivity index (χ1) is 5.70. The molecule has 0 saturated carbocycles. The minimum absolute atomic E-state index is 0.268. The second kappa shape index (κ2) is 6.65. The maximum Gasteiger partial charge on any atom is 0.330 e. The van der Waals surface area contributed by atoms with Gasteiger partial charge in [-0.05, 0) is 25.8 Å². The van der Waals surface area contributed by atoms with Gasteiger partial charge in [-0.2, -0.15) is 0 Å². The number of hydrogen-bond donors (Lipinski definition) is 0. The standard InChI is InChI=1S/C10H16O2/c1-4-6-7-9(3)8-10(11)12-5-2/h6-8H,4-5H2,1-3H3/b7-6-,9-8+. The lowest BCUT2D eigenvalue weighted by molar-refractivity contribution is -0.137. The van der Waals surface area contributed by atoms with Crippen LogP contribution in [0.25, 0.3) is 0 Å². The predicted octanol–water partition coefficient (Wildman–Crippen LogP) is 2.46. The summed E-state index contributed by atoms with van der Waals surface area (Å²) < 4.78 is 4.74. The molecular formula is C10H16O2. The SMILES string of the molecule is CC/C=C\C(C)=C\C(=O)OCC. The molecule has 0 heterocycles. The first kappa shape index (κ1) is 11.0. The zero-order chi connectivity index (χ0) is 9.40. The van der Waals surface area contributed by atoms with E-state index >= 15 is 0 Å². The van der Waals surface area contributed by atoms with Crippen LogP contribution >= 0.6 is 0 Å². The van der Waals surface area contributed by atoms with Gasteiger partial charge in [0.25, 0.3) is 0 Å². The number of hydrogen-bond acceptors (Lipinski definition) is 2. The molecule has 0 fully saturated rings. The second-order valence-electron chi connectivity index (χ2n) is 2.45. The Labute approximate surface area is 73.9 Å². The summed E-state index contributed by atoms with van der Waals surface area (Å²) in [6, 6.07) is 0. The molecule has 0 spiro atoms. The quantitative estimate of drug-likeness (QED) is 0.366. The Morgan fingerprint density at radius 2 is 2.08 bits per heavy atom. The summed E-state index contributed by atoms with van der Waals surface area (Å²) in [7, 11) is 0. The van der Waals surface area contributed by atoms with E-state index in [2.05, 4.69) is 0 Å². The van der Waals surface area contributed by atoms with Crippen molar-refractivity contribution in [3.63, 3.8) is 0 Å². The largest absolute Gasteiger partial charge is 0.463 e. The van der Waals surface area contributed by atoms with Crippen molar-refractivity contribution in [2.75, 3.05) is 6.61 Å². The molecule has 0 saturated heterocycles. The number of allylic oxidation sites excluding steroid dienone is 3. The fraction of sp³-hybridized carbons (Fsp3) is 0.500. The molecule has 0 radical (unpaired) electrons. The Hall–Kier alpha value is -1.05. The van der Waals surface area contributed by atoms with E-state index in [-0.39, 0.29) is 5.97 Å². The van der Waals surface area contributed by atoms with E-state index in [0.717, 1.165) is 12.0 Å². The highest BCUT2D eigenvalue weighted by Gasteiger charge is 1.94. The van der Waals surface area contributed by atoms with Crippen molar-refractivity contribution >= 4 is 5.97 Å². The second-order valence-corrected chi connectivity index (χ2v) is 2.45. The van der Waals surface area contributed by atoms with Gasteiger partial charge in [-0.3, -0.25) is 0 Å².